The smallest absolute Gasteiger partial charge is 0.387 e. The number of rotatable bonds is 5. The van der Waals surface area contributed by atoms with Crippen molar-refractivity contribution in [3.63, 3.8) is 0 Å². The zero-order valence-corrected chi connectivity index (χ0v) is 18.4. The largest absolute Gasteiger partial charge is 0.434 e. The Bertz CT molecular complexity index is 1700. The Morgan fingerprint density at radius 3 is 2.43 bits per heavy atom. The second-order valence-electron chi connectivity index (χ2n) is 7.54. The van der Waals surface area contributed by atoms with Crippen LogP contribution >= 0.6 is 11.3 Å². The first-order valence-electron chi connectivity index (χ1n) is 10.4. The van der Waals surface area contributed by atoms with Gasteiger partial charge in [0.1, 0.15) is 27.3 Å². The first-order valence-corrected chi connectivity index (χ1v) is 11.2. The quantitative estimate of drug-likeness (QED) is 0.247. The molecule has 0 atom stereocenters. The van der Waals surface area contributed by atoms with Gasteiger partial charge in [-0.15, -0.1) is 16.4 Å². The summed E-state index contributed by atoms with van der Waals surface area (Å²) in [6, 6.07) is 16.8. The molecule has 2 aromatic carbocycles. The van der Waals surface area contributed by atoms with Crippen LogP contribution in [0.2, 0.25) is 0 Å². The molecule has 0 unspecified atom stereocenters. The Morgan fingerprint density at radius 2 is 1.66 bits per heavy atom. The van der Waals surface area contributed by atoms with E-state index in [0.717, 1.165) is 5.56 Å². The van der Waals surface area contributed by atoms with Gasteiger partial charge < -0.3 is 4.74 Å². The van der Waals surface area contributed by atoms with Crippen molar-refractivity contribution in [3.8, 4) is 28.3 Å². The van der Waals surface area contributed by atoms with Crippen LogP contribution in [0.25, 0.3) is 48.6 Å². The molecule has 0 N–H and O–H groups in total. The number of alkyl halides is 4. The van der Waals surface area contributed by atoms with Crippen molar-refractivity contribution in [2.75, 3.05) is 0 Å². The lowest BCUT2D eigenvalue weighted by Crippen LogP contribution is -2.03. The molecule has 0 spiro atoms. The fourth-order valence-electron chi connectivity index (χ4n) is 3.97. The SMILES string of the molecule is FC(F)Oc1ccccc1-c1nc2c3sc4nc(C(F)F)cc(-c5ccccc5)c4c3ncn2n1. The van der Waals surface area contributed by atoms with E-state index in [0.29, 0.717) is 31.6 Å². The molecule has 0 aliphatic rings. The summed E-state index contributed by atoms with van der Waals surface area (Å²) < 4.78 is 59.7. The Hall–Kier alpha value is -4.12. The first kappa shape index (κ1) is 21.4. The van der Waals surface area contributed by atoms with Crippen LogP contribution in [0.5, 0.6) is 5.75 Å². The highest BCUT2D eigenvalue weighted by Crippen LogP contribution is 2.41. The summed E-state index contributed by atoms with van der Waals surface area (Å²) in [7, 11) is 0. The number of thiophene rings is 1. The van der Waals surface area contributed by atoms with Gasteiger partial charge in [0.15, 0.2) is 11.5 Å². The third-order valence-electron chi connectivity index (χ3n) is 5.44. The van der Waals surface area contributed by atoms with Crippen LogP contribution in [-0.2, 0) is 0 Å². The van der Waals surface area contributed by atoms with Gasteiger partial charge in [-0.05, 0) is 29.3 Å². The minimum atomic E-state index is -3.00. The molecule has 174 valence electrons. The van der Waals surface area contributed by atoms with Crippen molar-refractivity contribution in [1.82, 2.24) is 24.6 Å². The van der Waals surface area contributed by atoms with Crippen molar-refractivity contribution in [3.05, 3.63) is 72.7 Å². The third-order valence-corrected chi connectivity index (χ3v) is 6.51. The predicted octanol–water partition coefficient (Wildman–Crippen LogP) is 6.76. The number of para-hydroxylation sites is 1. The second kappa shape index (κ2) is 8.27. The van der Waals surface area contributed by atoms with Gasteiger partial charge in [-0.1, -0.05) is 42.5 Å². The monoisotopic (exact) mass is 495 g/mol. The molecule has 0 amide bonds. The summed E-state index contributed by atoms with van der Waals surface area (Å²) in [5, 5.41) is 5.02. The van der Waals surface area contributed by atoms with Gasteiger partial charge in [-0.3, -0.25) is 0 Å². The maximum absolute atomic E-state index is 13.7. The number of hydrogen-bond acceptors (Lipinski definition) is 6. The van der Waals surface area contributed by atoms with Crippen LogP contribution in [0, 0.1) is 0 Å². The van der Waals surface area contributed by atoms with Crippen molar-refractivity contribution in [1.29, 1.82) is 0 Å². The molecule has 4 heterocycles. The fourth-order valence-corrected chi connectivity index (χ4v) is 5.10. The summed E-state index contributed by atoms with van der Waals surface area (Å²) in [5.41, 5.74) is 2.24. The molecule has 0 aliphatic carbocycles. The Labute approximate surface area is 198 Å². The van der Waals surface area contributed by atoms with Crippen molar-refractivity contribution < 1.29 is 22.3 Å². The van der Waals surface area contributed by atoms with Gasteiger partial charge in [-0.25, -0.2) is 28.2 Å². The summed E-state index contributed by atoms with van der Waals surface area (Å²) in [6.45, 7) is -3.00. The van der Waals surface area contributed by atoms with Crippen LogP contribution in [-0.4, -0.2) is 31.2 Å². The van der Waals surface area contributed by atoms with E-state index in [1.54, 1.807) is 18.2 Å². The number of nitrogens with zero attached hydrogens (tertiary/aromatic N) is 5. The summed E-state index contributed by atoms with van der Waals surface area (Å²) in [4.78, 5) is 13.7. The van der Waals surface area contributed by atoms with Gasteiger partial charge in [0.2, 0.25) is 0 Å². The molecular weight excluding hydrogens is 482 g/mol. The number of aromatic nitrogens is 5. The lowest BCUT2D eigenvalue weighted by atomic mass is 10.0. The average molecular weight is 495 g/mol. The maximum atomic E-state index is 13.7. The maximum Gasteiger partial charge on any atom is 0.387 e. The van der Waals surface area contributed by atoms with E-state index in [1.165, 1.54) is 34.3 Å². The van der Waals surface area contributed by atoms with E-state index >= 15 is 0 Å². The zero-order valence-electron chi connectivity index (χ0n) is 17.6. The number of halogens is 4. The fraction of sp³-hybridized carbons (Fsp3) is 0.0833. The molecule has 6 aromatic rings. The standard InChI is InChI=1S/C24H13F4N5OS/c25-20(26)15-10-14(12-6-2-1-3-7-12)17-18-19(35-23(17)30-15)22-31-21(32-33(22)11-29-18)13-8-4-5-9-16(13)34-24(27)28/h1-11,20,24H. The van der Waals surface area contributed by atoms with Gasteiger partial charge in [-0.2, -0.15) is 8.78 Å². The molecule has 4 aromatic heterocycles. The molecule has 6 nitrogen and oxygen atoms in total. The van der Waals surface area contributed by atoms with Crippen molar-refractivity contribution in [2.45, 2.75) is 13.0 Å². The van der Waals surface area contributed by atoms with E-state index in [-0.39, 0.29) is 22.8 Å². The highest BCUT2D eigenvalue weighted by Gasteiger charge is 2.22. The molecule has 0 saturated heterocycles. The molecular formula is C24H13F4N5OS. The first-order chi connectivity index (χ1) is 17.0. The number of ether oxygens (including phenoxy) is 1. The van der Waals surface area contributed by atoms with Gasteiger partial charge >= 0.3 is 6.61 Å². The Morgan fingerprint density at radius 1 is 0.886 bits per heavy atom. The zero-order chi connectivity index (χ0) is 24.1. The Balaban J connectivity index is 1.61. The molecule has 11 heteroatoms. The van der Waals surface area contributed by atoms with Crippen LogP contribution in [0.3, 0.4) is 0 Å². The second-order valence-corrected chi connectivity index (χ2v) is 8.54. The van der Waals surface area contributed by atoms with E-state index in [1.807, 2.05) is 30.3 Å². The van der Waals surface area contributed by atoms with Crippen LogP contribution in [0.1, 0.15) is 12.1 Å². The molecule has 0 radical (unpaired) electrons. The number of fused-ring (bicyclic) bond motifs is 5. The summed E-state index contributed by atoms with van der Waals surface area (Å²) >= 11 is 1.17. The minimum absolute atomic E-state index is 0.0615. The minimum Gasteiger partial charge on any atom is -0.434 e. The third kappa shape index (κ3) is 3.64. The van der Waals surface area contributed by atoms with Gasteiger partial charge in [0.05, 0.1) is 11.1 Å². The van der Waals surface area contributed by atoms with E-state index in [2.05, 4.69) is 24.8 Å². The average Bonchev–Trinajstić information content (AvgIpc) is 3.45. The van der Waals surface area contributed by atoms with Gasteiger partial charge in [0.25, 0.3) is 6.43 Å². The lowest BCUT2D eigenvalue weighted by Gasteiger charge is -2.07. The van der Waals surface area contributed by atoms with Gasteiger partial charge in [0, 0.05) is 5.39 Å². The van der Waals surface area contributed by atoms with Crippen LogP contribution in [0.15, 0.2) is 67.0 Å². The normalized spacial score (nSPS) is 11.9. The van der Waals surface area contributed by atoms with Crippen molar-refractivity contribution >= 4 is 37.4 Å². The highest BCUT2D eigenvalue weighted by atomic mass is 32.1. The molecule has 0 fully saturated rings. The molecule has 0 aliphatic heterocycles. The number of pyridine rings is 1. The topological polar surface area (TPSA) is 65.2 Å². The van der Waals surface area contributed by atoms with E-state index in [9.17, 15) is 17.6 Å². The molecule has 35 heavy (non-hydrogen) atoms. The number of benzene rings is 2. The number of hydrogen-bond donors (Lipinski definition) is 0. The molecule has 6 rings (SSSR count). The molecule has 0 bridgehead atoms. The van der Waals surface area contributed by atoms with Crippen LogP contribution in [0.4, 0.5) is 17.6 Å². The summed E-state index contributed by atoms with van der Waals surface area (Å²) in [5.74, 6) is 0.103. The van der Waals surface area contributed by atoms with E-state index < -0.39 is 13.0 Å². The predicted molar refractivity (Wildman–Crippen MR) is 124 cm³/mol. The van der Waals surface area contributed by atoms with Crippen molar-refractivity contribution in [2.24, 2.45) is 0 Å². The van der Waals surface area contributed by atoms with E-state index in [4.69, 9.17) is 0 Å². The Kier molecular flexibility index (Phi) is 5.06. The molecule has 0 saturated carbocycles. The summed E-state index contributed by atoms with van der Waals surface area (Å²) in [6.07, 6.45) is -1.29. The van der Waals surface area contributed by atoms with Crippen LogP contribution < -0.4 is 4.74 Å². The highest BCUT2D eigenvalue weighted by molar-refractivity contribution is 7.26. The lowest BCUT2D eigenvalue weighted by molar-refractivity contribution is -0.0494.